The molecule has 0 bridgehead atoms. The Morgan fingerprint density at radius 1 is 1.53 bits per heavy atom. The SMILES string of the molecule is Cc1c(C(=O)NCCCS(C)=O)csc1S(=O)(=O)Cl. The predicted octanol–water partition coefficient (Wildman–Crippen LogP) is 1.48. The molecule has 1 rings (SSSR count). The van der Waals surface area contributed by atoms with Gasteiger partial charge in [-0.25, -0.2) is 8.42 Å². The number of halogens is 1. The molecule has 1 N–H and O–H groups in total. The Bertz CT molecular complexity index is 594. The molecular formula is C10H14ClNO4S3. The number of amides is 1. The molecule has 1 atom stereocenters. The first kappa shape index (κ1) is 16.6. The average molecular weight is 344 g/mol. The summed E-state index contributed by atoms with van der Waals surface area (Å²) in [4.78, 5) is 11.8. The molecule has 0 aliphatic carbocycles. The Balaban J connectivity index is 2.69. The fraction of sp³-hybridized carbons (Fsp3) is 0.500. The summed E-state index contributed by atoms with van der Waals surface area (Å²) in [7, 11) is 0.566. The molecule has 1 amide bonds. The number of carbonyl (C=O) groups is 1. The highest BCUT2D eigenvalue weighted by Crippen LogP contribution is 2.29. The van der Waals surface area contributed by atoms with Crippen molar-refractivity contribution in [1.82, 2.24) is 5.32 Å². The number of thiophene rings is 1. The molecule has 0 aromatic carbocycles. The van der Waals surface area contributed by atoms with Crippen molar-refractivity contribution in [2.24, 2.45) is 0 Å². The zero-order valence-electron chi connectivity index (χ0n) is 10.4. The van der Waals surface area contributed by atoms with Gasteiger partial charge in [0.05, 0.1) is 5.56 Å². The summed E-state index contributed by atoms with van der Waals surface area (Å²) in [6.45, 7) is 1.94. The van der Waals surface area contributed by atoms with Gasteiger partial charge in [-0.2, -0.15) is 0 Å². The first-order chi connectivity index (χ1) is 8.73. The minimum atomic E-state index is -3.81. The Morgan fingerprint density at radius 2 is 2.16 bits per heavy atom. The largest absolute Gasteiger partial charge is 0.352 e. The third-order valence-electron chi connectivity index (χ3n) is 2.35. The van der Waals surface area contributed by atoms with Gasteiger partial charge >= 0.3 is 0 Å². The maximum atomic E-state index is 11.8. The van der Waals surface area contributed by atoms with Gasteiger partial charge < -0.3 is 5.32 Å². The lowest BCUT2D eigenvalue weighted by Crippen LogP contribution is -2.25. The van der Waals surface area contributed by atoms with E-state index in [1.54, 1.807) is 13.2 Å². The van der Waals surface area contributed by atoms with Crippen LogP contribution in [-0.4, -0.2) is 37.1 Å². The highest BCUT2D eigenvalue weighted by Gasteiger charge is 2.21. The van der Waals surface area contributed by atoms with Gasteiger partial charge in [-0.1, -0.05) is 0 Å². The van der Waals surface area contributed by atoms with E-state index < -0.39 is 19.9 Å². The van der Waals surface area contributed by atoms with Crippen LogP contribution in [-0.2, 0) is 19.9 Å². The van der Waals surface area contributed by atoms with Gasteiger partial charge in [0.2, 0.25) is 0 Å². The van der Waals surface area contributed by atoms with Crippen LogP contribution in [0.5, 0.6) is 0 Å². The lowest BCUT2D eigenvalue weighted by Gasteiger charge is -2.04. The second-order valence-corrected chi connectivity index (χ2v) is 9.08. The Kier molecular flexibility index (Phi) is 5.97. The van der Waals surface area contributed by atoms with Crippen LogP contribution in [0.15, 0.2) is 9.59 Å². The normalized spacial score (nSPS) is 13.2. The first-order valence-electron chi connectivity index (χ1n) is 5.34. The van der Waals surface area contributed by atoms with Gasteiger partial charge in [0.15, 0.2) is 0 Å². The second kappa shape index (κ2) is 6.83. The number of hydrogen-bond acceptors (Lipinski definition) is 5. The lowest BCUT2D eigenvalue weighted by atomic mass is 10.2. The molecule has 1 unspecified atom stereocenters. The van der Waals surface area contributed by atoms with Crippen LogP contribution in [0.2, 0.25) is 0 Å². The topological polar surface area (TPSA) is 80.3 Å². The summed E-state index contributed by atoms with van der Waals surface area (Å²) < 4.78 is 33.3. The van der Waals surface area contributed by atoms with Crippen molar-refractivity contribution < 1.29 is 17.4 Å². The van der Waals surface area contributed by atoms with Crippen molar-refractivity contribution in [1.29, 1.82) is 0 Å². The molecule has 0 fully saturated rings. The van der Waals surface area contributed by atoms with Crippen LogP contribution in [0, 0.1) is 6.92 Å². The van der Waals surface area contributed by atoms with E-state index in [9.17, 15) is 17.4 Å². The number of hydrogen-bond donors (Lipinski definition) is 1. The van der Waals surface area contributed by atoms with Crippen molar-refractivity contribution in [3.8, 4) is 0 Å². The maximum absolute atomic E-state index is 11.8. The second-order valence-electron chi connectivity index (χ2n) is 3.89. The van der Waals surface area contributed by atoms with Crippen LogP contribution >= 0.6 is 22.0 Å². The molecule has 1 heterocycles. The fourth-order valence-corrected chi connectivity index (χ4v) is 4.54. The van der Waals surface area contributed by atoms with E-state index in [1.807, 2.05) is 0 Å². The minimum absolute atomic E-state index is 0.00558. The molecule has 5 nitrogen and oxygen atoms in total. The van der Waals surface area contributed by atoms with Gasteiger partial charge in [-0.3, -0.25) is 9.00 Å². The summed E-state index contributed by atoms with van der Waals surface area (Å²) >= 11 is 0.926. The highest BCUT2D eigenvalue weighted by molar-refractivity contribution is 8.15. The summed E-state index contributed by atoms with van der Waals surface area (Å²) in [6, 6.07) is 0. The highest BCUT2D eigenvalue weighted by atomic mass is 35.7. The molecule has 108 valence electrons. The van der Waals surface area contributed by atoms with E-state index >= 15 is 0 Å². The Morgan fingerprint density at radius 3 is 2.63 bits per heavy atom. The molecule has 19 heavy (non-hydrogen) atoms. The summed E-state index contributed by atoms with van der Waals surface area (Å²) in [5.41, 5.74) is 0.665. The van der Waals surface area contributed by atoms with Crippen molar-refractivity contribution in [3.63, 3.8) is 0 Å². The average Bonchev–Trinajstić information content (AvgIpc) is 2.65. The number of rotatable bonds is 6. The van der Waals surface area contributed by atoms with Crippen LogP contribution in [0.1, 0.15) is 22.3 Å². The van der Waals surface area contributed by atoms with E-state index in [0.717, 1.165) is 11.3 Å². The number of nitrogens with one attached hydrogen (secondary N) is 1. The molecule has 0 spiro atoms. The maximum Gasteiger partial charge on any atom is 0.271 e. The summed E-state index contributed by atoms with van der Waals surface area (Å²) in [6.07, 6.45) is 2.21. The first-order valence-corrected chi connectivity index (χ1v) is 10.3. The van der Waals surface area contributed by atoms with Gasteiger partial charge in [0.25, 0.3) is 15.0 Å². The summed E-state index contributed by atoms with van der Waals surface area (Å²) in [5.74, 6) is 0.173. The van der Waals surface area contributed by atoms with E-state index in [1.165, 1.54) is 5.38 Å². The van der Waals surface area contributed by atoms with Crippen LogP contribution in [0.4, 0.5) is 0 Å². The van der Waals surface area contributed by atoms with Crippen molar-refractivity contribution >= 4 is 47.8 Å². The van der Waals surface area contributed by atoms with Crippen molar-refractivity contribution in [2.75, 3.05) is 18.6 Å². The number of carbonyl (C=O) groups excluding carboxylic acids is 1. The van der Waals surface area contributed by atoms with E-state index in [2.05, 4.69) is 5.32 Å². The van der Waals surface area contributed by atoms with Gasteiger partial charge in [-0.15, -0.1) is 11.3 Å². The van der Waals surface area contributed by atoms with Crippen molar-refractivity contribution in [2.45, 2.75) is 17.6 Å². The molecule has 1 aromatic heterocycles. The molecule has 1 aromatic rings. The lowest BCUT2D eigenvalue weighted by molar-refractivity contribution is 0.0953. The molecule has 0 aliphatic heterocycles. The smallest absolute Gasteiger partial charge is 0.271 e. The molecule has 0 saturated heterocycles. The quantitative estimate of drug-likeness (QED) is 0.626. The minimum Gasteiger partial charge on any atom is -0.352 e. The van der Waals surface area contributed by atoms with Gasteiger partial charge in [-0.05, 0) is 18.9 Å². The molecule has 0 aliphatic rings. The third-order valence-corrected chi connectivity index (χ3v) is 6.53. The molecule has 0 saturated carbocycles. The summed E-state index contributed by atoms with van der Waals surface area (Å²) in [5, 5.41) is 4.13. The van der Waals surface area contributed by atoms with E-state index in [0.29, 0.717) is 29.8 Å². The van der Waals surface area contributed by atoms with E-state index in [4.69, 9.17) is 10.7 Å². The molecule has 9 heteroatoms. The fourth-order valence-electron chi connectivity index (χ4n) is 1.44. The van der Waals surface area contributed by atoms with Crippen molar-refractivity contribution in [3.05, 3.63) is 16.5 Å². The Labute approximate surface area is 123 Å². The third kappa shape index (κ3) is 4.87. The van der Waals surface area contributed by atoms with Gasteiger partial charge in [0, 0.05) is 45.4 Å². The molecular weight excluding hydrogens is 330 g/mol. The predicted molar refractivity (Wildman–Crippen MR) is 78.0 cm³/mol. The molecule has 0 radical (unpaired) electrons. The van der Waals surface area contributed by atoms with Crippen LogP contribution < -0.4 is 5.32 Å². The van der Waals surface area contributed by atoms with Crippen LogP contribution in [0.3, 0.4) is 0 Å². The van der Waals surface area contributed by atoms with Gasteiger partial charge in [0.1, 0.15) is 4.21 Å². The Hall–Kier alpha value is -0.440. The standard InChI is InChI=1S/C10H14ClNO4S3/c1-7-8(6-17-10(7)19(11,15)16)9(13)12-4-3-5-18(2)14/h6H,3-5H2,1-2H3,(H,12,13). The van der Waals surface area contributed by atoms with Crippen LogP contribution in [0.25, 0.3) is 0 Å². The van der Waals surface area contributed by atoms with E-state index in [-0.39, 0.29) is 10.1 Å². The zero-order valence-corrected chi connectivity index (χ0v) is 13.6. The zero-order chi connectivity index (χ0) is 14.6. The monoisotopic (exact) mass is 343 g/mol.